The minimum absolute atomic E-state index is 0.0200. The summed E-state index contributed by atoms with van der Waals surface area (Å²) in [4.78, 5) is 27.9. The van der Waals surface area contributed by atoms with Crippen molar-refractivity contribution in [1.82, 2.24) is 19.8 Å². The van der Waals surface area contributed by atoms with Crippen molar-refractivity contribution in [3.63, 3.8) is 0 Å². The number of halogens is 1. The molecule has 206 valence electrons. The summed E-state index contributed by atoms with van der Waals surface area (Å²) in [6.07, 6.45) is 4.22. The lowest BCUT2D eigenvalue weighted by molar-refractivity contribution is -0.134. The van der Waals surface area contributed by atoms with Crippen LogP contribution in [0.15, 0.2) is 54.6 Å². The van der Waals surface area contributed by atoms with Gasteiger partial charge in [-0.3, -0.25) is 9.59 Å². The largest absolute Gasteiger partial charge is 0.340 e. The highest BCUT2D eigenvalue weighted by atomic mass is 32.2. The van der Waals surface area contributed by atoms with Crippen molar-refractivity contribution in [1.29, 1.82) is 0 Å². The molecule has 0 bridgehead atoms. The van der Waals surface area contributed by atoms with Gasteiger partial charge in [0, 0.05) is 43.2 Å². The third kappa shape index (κ3) is 7.18. The van der Waals surface area contributed by atoms with E-state index in [4.69, 9.17) is 0 Å². The van der Waals surface area contributed by atoms with Crippen molar-refractivity contribution in [3.8, 4) is 0 Å². The highest BCUT2D eigenvalue weighted by Gasteiger charge is 2.50. The standard InChI is InChI=1S/C28H37FN4O4S/c1-28(20-24(28)21-11-13-23(29)14-12-21)30-15-7-6-10-25(31-26(34)22-8-4-3-5-9-22)27(35)32-16-18-33(19-17-32)38(2,36)37/h3-5,8-9,11-14,24-25,30H,6-7,10,15-20H2,1-2H3,(H,31,34)/t24-,25+,28+/m1/s1. The molecule has 8 nitrogen and oxygen atoms in total. The Labute approximate surface area is 224 Å². The number of benzene rings is 2. The molecule has 0 radical (unpaired) electrons. The van der Waals surface area contributed by atoms with Crippen LogP contribution < -0.4 is 10.6 Å². The summed E-state index contributed by atoms with van der Waals surface area (Å²) < 4.78 is 38.3. The molecule has 1 heterocycles. The Hall–Kier alpha value is -2.82. The molecule has 2 aromatic carbocycles. The molecule has 3 atom stereocenters. The lowest BCUT2D eigenvalue weighted by Crippen LogP contribution is -2.55. The summed E-state index contributed by atoms with van der Waals surface area (Å²) >= 11 is 0. The normalized spacial score (nSPS) is 22.6. The number of hydrogen-bond donors (Lipinski definition) is 2. The molecule has 1 aliphatic heterocycles. The zero-order valence-electron chi connectivity index (χ0n) is 22.0. The van der Waals surface area contributed by atoms with Gasteiger partial charge in [-0.1, -0.05) is 30.3 Å². The minimum atomic E-state index is -3.30. The molecule has 2 amide bonds. The second-order valence-corrected chi connectivity index (χ2v) is 12.5. The Kier molecular flexibility index (Phi) is 8.85. The van der Waals surface area contributed by atoms with Crippen LogP contribution in [-0.2, 0) is 14.8 Å². The number of piperazine rings is 1. The minimum Gasteiger partial charge on any atom is -0.340 e. The number of sulfonamides is 1. The topological polar surface area (TPSA) is 98.8 Å². The summed E-state index contributed by atoms with van der Waals surface area (Å²) in [5, 5.41) is 6.52. The van der Waals surface area contributed by atoms with Crippen LogP contribution in [0.25, 0.3) is 0 Å². The first-order chi connectivity index (χ1) is 18.1. The molecule has 0 unspecified atom stereocenters. The molecule has 10 heteroatoms. The molecule has 4 rings (SSSR count). The number of carbonyl (C=O) groups excluding carboxylic acids is 2. The van der Waals surface area contributed by atoms with E-state index < -0.39 is 16.1 Å². The summed E-state index contributed by atoms with van der Waals surface area (Å²) in [7, 11) is -3.30. The maximum Gasteiger partial charge on any atom is 0.251 e. The van der Waals surface area contributed by atoms with Crippen LogP contribution in [-0.4, -0.2) is 80.0 Å². The monoisotopic (exact) mass is 544 g/mol. The van der Waals surface area contributed by atoms with Gasteiger partial charge in [0.2, 0.25) is 15.9 Å². The van der Waals surface area contributed by atoms with Crippen LogP contribution in [0.2, 0.25) is 0 Å². The van der Waals surface area contributed by atoms with Gasteiger partial charge >= 0.3 is 0 Å². The van der Waals surface area contributed by atoms with E-state index in [-0.39, 0.29) is 36.3 Å². The van der Waals surface area contributed by atoms with Crippen molar-refractivity contribution in [3.05, 3.63) is 71.5 Å². The van der Waals surface area contributed by atoms with E-state index in [1.807, 2.05) is 18.2 Å². The van der Waals surface area contributed by atoms with E-state index in [9.17, 15) is 22.4 Å². The van der Waals surface area contributed by atoms with Gasteiger partial charge in [-0.15, -0.1) is 0 Å². The third-order valence-electron chi connectivity index (χ3n) is 7.62. The summed E-state index contributed by atoms with van der Waals surface area (Å²) in [5.41, 5.74) is 1.60. The first-order valence-corrected chi connectivity index (χ1v) is 15.0. The number of hydrogen-bond acceptors (Lipinski definition) is 5. The van der Waals surface area contributed by atoms with E-state index in [0.29, 0.717) is 31.0 Å². The fraction of sp³-hybridized carbons (Fsp3) is 0.500. The predicted molar refractivity (Wildman–Crippen MR) is 145 cm³/mol. The Morgan fingerprint density at radius 3 is 2.32 bits per heavy atom. The van der Waals surface area contributed by atoms with Gasteiger partial charge in [-0.05, 0) is 69.0 Å². The Balaban J connectivity index is 1.29. The van der Waals surface area contributed by atoms with Gasteiger partial charge in [0.15, 0.2) is 0 Å². The number of rotatable bonds is 11. The quantitative estimate of drug-likeness (QED) is 0.424. The van der Waals surface area contributed by atoms with Gasteiger partial charge in [0.25, 0.3) is 5.91 Å². The van der Waals surface area contributed by atoms with Crippen LogP contribution in [0.1, 0.15) is 54.4 Å². The highest BCUT2D eigenvalue weighted by molar-refractivity contribution is 7.88. The number of unbranched alkanes of at least 4 members (excludes halogenated alkanes) is 1. The molecule has 38 heavy (non-hydrogen) atoms. The van der Waals surface area contributed by atoms with Crippen LogP contribution >= 0.6 is 0 Å². The van der Waals surface area contributed by atoms with Crippen LogP contribution in [0.5, 0.6) is 0 Å². The van der Waals surface area contributed by atoms with Crippen LogP contribution in [0, 0.1) is 5.82 Å². The second-order valence-electron chi connectivity index (χ2n) is 10.5. The van der Waals surface area contributed by atoms with Crippen molar-refractivity contribution >= 4 is 21.8 Å². The second kappa shape index (κ2) is 11.9. The number of nitrogens with one attached hydrogen (secondary N) is 2. The number of carbonyl (C=O) groups is 2. The molecule has 2 N–H and O–H groups in total. The molecule has 2 aromatic rings. The van der Waals surface area contributed by atoms with Crippen molar-refractivity contribution < 1.29 is 22.4 Å². The van der Waals surface area contributed by atoms with E-state index in [1.54, 1.807) is 29.2 Å². The number of amides is 2. The fourth-order valence-corrected chi connectivity index (χ4v) is 5.96. The van der Waals surface area contributed by atoms with Crippen molar-refractivity contribution in [2.24, 2.45) is 0 Å². The van der Waals surface area contributed by atoms with E-state index in [0.717, 1.165) is 31.4 Å². The van der Waals surface area contributed by atoms with Gasteiger partial charge in [-0.25, -0.2) is 12.8 Å². The van der Waals surface area contributed by atoms with Gasteiger partial charge in [0.05, 0.1) is 6.26 Å². The zero-order valence-corrected chi connectivity index (χ0v) is 22.8. The van der Waals surface area contributed by atoms with Crippen molar-refractivity contribution in [2.45, 2.75) is 50.1 Å². The molecule has 2 aliphatic rings. The van der Waals surface area contributed by atoms with Crippen LogP contribution in [0.3, 0.4) is 0 Å². The smallest absolute Gasteiger partial charge is 0.251 e. The molecule has 0 spiro atoms. The molecular formula is C28H37FN4O4S. The SMILES string of the molecule is C[C@]1(NCCCC[C@H](NC(=O)c2ccccc2)C(=O)N2CCN(S(C)(=O)=O)CC2)C[C@@H]1c1ccc(F)cc1. The van der Waals surface area contributed by atoms with Crippen LogP contribution in [0.4, 0.5) is 4.39 Å². The maximum absolute atomic E-state index is 13.4. The fourth-order valence-electron chi connectivity index (χ4n) is 5.14. The lowest BCUT2D eigenvalue weighted by atomic mass is 10.1. The number of nitrogens with zero attached hydrogens (tertiary/aromatic N) is 2. The molecule has 2 fully saturated rings. The van der Waals surface area contributed by atoms with Gasteiger partial charge < -0.3 is 15.5 Å². The Morgan fingerprint density at radius 2 is 1.68 bits per heavy atom. The van der Waals surface area contributed by atoms with E-state index >= 15 is 0 Å². The first kappa shape index (κ1) is 28.2. The first-order valence-electron chi connectivity index (χ1n) is 13.2. The molecule has 1 aliphatic carbocycles. The summed E-state index contributed by atoms with van der Waals surface area (Å²) in [6.45, 7) is 4.05. The average Bonchev–Trinajstić information content (AvgIpc) is 3.58. The molecule has 1 saturated heterocycles. The van der Waals surface area contributed by atoms with Gasteiger partial charge in [0.1, 0.15) is 11.9 Å². The van der Waals surface area contributed by atoms with E-state index in [2.05, 4.69) is 17.6 Å². The summed E-state index contributed by atoms with van der Waals surface area (Å²) in [5.74, 6) is -0.358. The zero-order chi connectivity index (χ0) is 27.3. The van der Waals surface area contributed by atoms with Crippen molar-refractivity contribution in [2.75, 3.05) is 39.0 Å². The third-order valence-corrected chi connectivity index (χ3v) is 8.92. The molecule has 1 saturated carbocycles. The van der Waals surface area contributed by atoms with Gasteiger partial charge in [-0.2, -0.15) is 4.31 Å². The Morgan fingerprint density at radius 1 is 1.03 bits per heavy atom. The molecule has 0 aromatic heterocycles. The highest BCUT2D eigenvalue weighted by Crippen LogP contribution is 2.51. The Bertz CT molecular complexity index is 1220. The lowest BCUT2D eigenvalue weighted by Gasteiger charge is -2.35. The van der Waals surface area contributed by atoms with E-state index in [1.165, 1.54) is 22.7 Å². The predicted octanol–water partition coefficient (Wildman–Crippen LogP) is 2.73. The summed E-state index contributed by atoms with van der Waals surface area (Å²) in [6, 6.07) is 14.8. The maximum atomic E-state index is 13.4. The average molecular weight is 545 g/mol. The molecular weight excluding hydrogens is 507 g/mol.